The Balaban J connectivity index is 2.25. The normalized spacial score (nSPS) is 22.6. The Bertz CT molecular complexity index is 480. The fourth-order valence-corrected chi connectivity index (χ4v) is 2.51. The summed E-state index contributed by atoms with van der Waals surface area (Å²) in [5, 5.41) is 0. The zero-order chi connectivity index (χ0) is 14.7. The van der Waals surface area contributed by atoms with Gasteiger partial charge in [0.15, 0.2) is 0 Å². The molecule has 0 aliphatic carbocycles. The van der Waals surface area contributed by atoms with Gasteiger partial charge in [-0.1, -0.05) is 0 Å². The first kappa shape index (κ1) is 14.7. The van der Waals surface area contributed by atoms with Crippen LogP contribution in [0.15, 0.2) is 18.2 Å². The summed E-state index contributed by atoms with van der Waals surface area (Å²) in [6, 6.07) is 5.17. The maximum absolute atomic E-state index is 12.7. The summed E-state index contributed by atoms with van der Waals surface area (Å²) in [6.07, 6.45) is 0.0820. The summed E-state index contributed by atoms with van der Waals surface area (Å²) in [7, 11) is 0. The molecule has 20 heavy (non-hydrogen) atoms. The predicted molar refractivity (Wildman–Crippen MR) is 77.9 cm³/mol. The second-order valence-corrected chi connectivity index (χ2v) is 5.16. The Morgan fingerprint density at radius 1 is 1.40 bits per heavy atom. The monoisotopic (exact) mass is 278 g/mol. The van der Waals surface area contributed by atoms with E-state index in [0.29, 0.717) is 36.7 Å². The number of nitrogens with two attached hydrogens (primary N) is 1. The first-order chi connectivity index (χ1) is 9.51. The minimum absolute atomic E-state index is 0.0410. The van der Waals surface area contributed by atoms with Gasteiger partial charge >= 0.3 is 0 Å². The molecular formula is C15H22N2O3. The molecule has 0 saturated carbocycles. The Labute approximate surface area is 119 Å². The molecule has 2 N–H and O–H groups in total. The molecule has 0 radical (unpaired) electrons. The minimum Gasteiger partial charge on any atom is -0.493 e. The summed E-state index contributed by atoms with van der Waals surface area (Å²) < 4.78 is 11.2. The van der Waals surface area contributed by atoms with Crippen molar-refractivity contribution >= 4 is 11.6 Å². The van der Waals surface area contributed by atoms with Gasteiger partial charge in [0.1, 0.15) is 5.75 Å². The van der Waals surface area contributed by atoms with E-state index in [9.17, 15) is 4.79 Å². The van der Waals surface area contributed by atoms with Crippen LogP contribution in [0.5, 0.6) is 5.75 Å². The van der Waals surface area contributed by atoms with Crippen molar-refractivity contribution in [3.05, 3.63) is 23.8 Å². The molecule has 1 heterocycles. The van der Waals surface area contributed by atoms with Crippen LogP contribution in [0.2, 0.25) is 0 Å². The Hall–Kier alpha value is -1.75. The smallest absolute Gasteiger partial charge is 0.257 e. The van der Waals surface area contributed by atoms with E-state index in [0.717, 1.165) is 0 Å². The fourth-order valence-electron chi connectivity index (χ4n) is 2.51. The van der Waals surface area contributed by atoms with Gasteiger partial charge in [-0.15, -0.1) is 0 Å². The molecule has 1 amide bonds. The number of anilines is 1. The van der Waals surface area contributed by atoms with Crippen LogP contribution in [0.4, 0.5) is 5.69 Å². The zero-order valence-electron chi connectivity index (χ0n) is 12.3. The van der Waals surface area contributed by atoms with E-state index in [1.807, 2.05) is 20.8 Å². The molecule has 1 aromatic carbocycles. The summed E-state index contributed by atoms with van der Waals surface area (Å²) in [5.41, 5.74) is 6.88. The number of hydrogen-bond acceptors (Lipinski definition) is 4. The van der Waals surface area contributed by atoms with E-state index in [4.69, 9.17) is 15.2 Å². The molecule has 1 aliphatic rings. The number of carbonyl (C=O) groups excluding carboxylic acids is 1. The van der Waals surface area contributed by atoms with Crippen LogP contribution in [0.25, 0.3) is 0 Å². The Kier molecular flexibility index (Phi) is 4.49. The van der Waals surface area contributed by atoms with Gasteiger partial charge in [-0.25, -0.2) is 0 Å². The van der Waals surface area contributed by atoms with E-state index < -0.39 is 0 Å². The largest absolute Gasteiger partial charge is 0.493 e. The highest BCUT2D eigenvalue weighted by atomic mass is 16.5. The maximum Gasteiger partial charge on any atom is 0.257 e. The predicted octanol–water partition coefficient (Wildman–Crippen LogP) is 1.92. The minimum atomic E-state index is -0.0530. The maximum atomic E-state index is 12.7. The van der Waals surface area contributed by atoms with E-state index >= 15 is 0 Å². The quantitative estimate of drug-likeness (QED) is 0.858. The van der Waals surface area contributed by atoms with Crippen LogP contribution in [-0.2, 0) is 4.74 Å². The average molecular weight is 278 g/mol. The average Bonchev–Trinajstić information content (AvgIpc) is 2.39. The van der Waals surface area contributed by atoms with E-state index in [2.05, 4.69) is 0 Å². The van der Waals surface area contributed by atoms with Gasteiger partial charge in [-0.2, -0.15) is 0 Å². The summed E-state index contributed by atoms with van der Waals surface area (Å²) >= 11 is 0. The second kappa shape index (κ2) is 6.13. The third kappa shape index (κ3) is 3.22. The van der Waals surface area contributed by atoms with Gasteiger partial charge in [0, 0.05) is 18.8 Å². The van der Waals surface area contributed by atoms with Gasteiger partial charge in [0.05, 0.1) is 24.4 Å². The number of rotatable bonds is 3. The lowest BCUT2D eigenvalue weighted by atomic mass is 10.1. The molecule has 5 nitrogen and oxygen atoms in total. The Morgan fingerprint density at radius 3 is 2.65 bits per heavy atom. The van der Waals surface area contributed by atoms with Crippen LogP contribution in [0, 0.1) is 0 Å². The highest BCUT2D eigenvalue weighted by molar-refractivity contribution is 5.98. The number of morpholine rings is 1. The van der Waals surface area contributed by atoms with Crippen molar-refractivity contribution in [1.82, 2.24) is 4.90 Å². The molecule has 5 heteroatoms. The van der Waals surface area contributed by atoms with Gasteiger partial charge in [0.2, 0.25) is 0 Å². The highest BCUT2D eigenvalue weighted by Crippen LogP contribution is 2.24. The first-order valence-electron chi connectivity index (χ1n) is 6.98. The van der Waals surface area contributed by atoms with Crippen LogP contribution >= 0.6 is 0 Å². The molecule has 0 bridgehead atoms. The molecular weight excluding hydrogens is 256 g/mol. The molecule has 1 saturated heterocycles. The van der Waals surface area contributed by atoms with Crippen LogP contribution in [0.1, 0.15) is 31.1 Å². The lowest BCUT2D eigenvalue weighted by Crippen LogP contribution is -2.48. The van der Waals surface area contributed by atoms with Crippen molar-refractivity contribution in [2.75, 3.05) is 25.4 Å². The van der Waals surface area contributed by atoms with Gasteiger partial charge in [-0.05, 0) is 39.0 Å². The molecule has 1 aliphatic heterocycles. The van der Waals surface area contributed by atoms with Gasteiger partial charge < -0.3 is 20.1 Å². The van der Waals surface area contributed by atoms with Gasteiger partial charge in [-0.3, -0.25) is 4.79 Å². The van der Waals surface area contributed by atoms with Crippen molar-refractivity contribution in [3.63, 3.8) is 0 Å². The molecule has 1 aromatic rings. The topological polar surface area (TPSA) is 64.8 Å². The Morgan fingerprint density at radius 2 is 2.05 bits per heavy atom. The molecule has 2 rings (SSSR count). The fraction of sp³-hybridized carbons (Fsp3) is 0.533. The number of hydrogen-bond donors (Lipinski definition) is 1. The summed E-state index contributed by atoms with van der Waals surface area (Å²) in [6.45, 7) is 7.52. The number of nitrogens with zero attached hydrogens (tertiary/aromatic N) is 1. The van der Waals surface area contributed by atoms with E-state index in [1.54, 1.807) is 23.1 Å². The molecule has 0 spiro atoms. The third-order valence-corrected chi connectivity index (χ3v) is 3.24. The molecule has 2 unspecified atom stereocenters. The summed E-state index contributed by atoms with van der Waals surface area (Å²) in [4.78, 5) is 14.5. The van der Waals surface area contributed by atoms with E-state index in [1.165, 1.54) is 0 Å². The van der Waals surface area contributed by atoms with Crippen molar-refractivity contribution in [3.8, 4) is 5.75 Å². The zero-order valence-corrected chi connectivity index (χ0v) is 12.3. The van der Waals surface area contributed by atoms with Crippen molar-refractivity contribution in [2.24, 2.45) is 0 Å². The highest BCUT2D eigenvalue weighted by Gasteiger charge is 2.28. The second-order valence-electron chi connectivity index (χ2n) is 5.16. The lowest BCUT2D eigenvalue weighted by molar-refractivity contribution is -0.0586. The van der Waals surface area contributed by atoms with Crippen LogP contribution in [-0.4, -0.2) is 42.7 Å². The molecule has 0 aromatic heterocycles. The van der Waals surface area contributed by atoms with Crippen molar-refractivity contribution < 1.29 is 14.3 Å². The third-order valence-electron chi connectivity index (χ3n) is 3.24. The summed E-state index contributed by atoms with van der Waals surface area (Å²) in [5.74, 6) is 0.529. The van der Waals surface area contributed by atoms with Crippen molar-refractivity contribution in [2.45, 2.75) is 33.0 Å². The number of carbonyl (C=O) groups is 1. The first-order valence-corrected chi connectivity index (χ1v) is 6.98. The van der Waals surface area contributed by atoms with Crippen molar-refractivity contribution in [1.29, 1.82) is 0 Å². The van der Waals surface area contributed by atoms with Crippen LogP contribution < -0.4 is 10.5 Å². The standard InChI is InChI=1S/C15H22N2O3/c1-4-19-14-6-5-12(16)7-13(14)15(18)17-8-10(2)20-11(3)9-17/h5-7,10-11H,4,8-9,16H2,1-3H3. The number of nitrogen functional groups attached to an aromatic ring is 1. The molecule has 110 valence electrons. The molecule has 1 fully saturated rings. The number of amides is 1. The van der Waals surface area contributed by atoms with Gasteiger partial charge in [0.25, 0.3) is 5.91 Å². The van der Waals surface area contributed by atoms with Crippen LogP contribution in [0.3, 0.4) is 0 Å². The van der Waals surface area contributed by atoms with E-state index in [-0.39, 0.29) is 18.1 Å². The number of benzene rings is 1. The lowest BCUT2D eigenvalue weighted by Gasteiger charge is -2.35. The SMILES string of the molecule is CCOc1ccc(N)cc1C(=O)N1CC(C)OC(C)C1. The number of ether oxygens (including phenoxy) is 2. The molecule has 2 atom stereocenters.